The molecule has 2 nitrogen and oxygen atoms in total. The first kappa shape index (κ1) is 14.7. The maximum absolute atomic E-state index is 12.6. The van der Waals surface area contributed by atoms with Crippen molar-refractivity contribution in [2.24, 2.45) is 0 Å². The third-order valence-electron chi connectivity index (χ3n) is 2.58. The minimum absolute atomic E-state index is 0.0661. The number of para-hydroxylation sites is 1. The summed E-state index contributed by atoms with van der Waals surface area (Å²) in [5, 5.41) is 0.0661. The molecule has 0 aliphatic heterocycles. The van der Waals surface area contributed by atoms with Crippen LogP contribution in [0.3, 0.4) is 0 Å². The fourth-order valence-corrected chi connectivity index (χ4v) is 1.94. The number of nitrogens with one attached hydrogen (secondary N) is 2. The molecule has 6 heteroatoms. The van der Waals surface area contributed by atoms with E-state index in [-0.39, 0.29) is 11.6 Å². The van der Waals surface area contributed by atoms with Crippen molar-refractivity contribution in [2.45, 2.75) is 12.7 Å². The van der Waals surface area contributed by atoms with Gasteiger partial charge in [-0.05, 0) is 35.9 Å². The van der Waals surface area contributed by atoms with Crippen LogP contribution in [0.25, 0.3) is 0 Å². The van der Waals surface area contributed by atoms with Gasteiger partial charge in [-0.3, -0.25) is 0 Å². The molecular weight excluding hydrogens is 289 g/mol. The maximum Gasteiger partial charge on any atom is 0.416 e. The molecule has 0 spiro atoms. The van der Waals surface area contributed by atoms with Crippen molar-refractivity contribution in [2.75, 3.05) is 5.43 Å². The van der Waals surface area contributed by atoms with Crippen molar-refractivity contribution >= 4 is 17.3 Å². The highest BCUT2D eigenvalue weighted by Crippen LogP contribution is 2.31. The summed E-state index contributed by atoms with van der Waals surface area (Å²) >= 11 is 5.70. The van der Waals surface area contributed by atoms with Gasteiger partial charge in [0.1, 0.15) is 0 Å². The van der Waals surface area contributed by atoms with Crippen LogP contribution in [0.15, 0.2) is 48.5 Å². The summed E-state index contributed by atoms with van der Waals surface area (Å²) in [7, 11) is 0. The first-order valence-corrected chi connectivity index (χ1v) is 6.23. The van der Waals surface area contributed by atoms with E-state index in [1.807, 2.05) is 30.3 Å². The van der Waals surface area contributed by atoms with Gasteiger partial charge >= 0.3 is 6.18 Å². The Morgan fingerprint density at radius 1 is 1.00 bits per heavy atom. The third-order valence-corrected chi connectivity index (χ3v) is 2.80. The van der Waals surface area contributed by atoms with Gasteiger partial charge in [0.2, 0.25) is 0 Å². The van der Waals surface area contributed by atoms with Crippen molar-refractivity contribution in [3.05, 3.63) is 64.7 Å². The van der Waals surface area contributed by atoms with E-state index in [1.165, 1.54) is 6.07 Å². The number of hydrogen-bond acceptors (Lipinski definition) is 2. The van der Waals surface area contributed by atoms with Gasteiger partial charge in [0.25, 0.3) is 0 Å². The average molecular weight is 301 g/mol. The lowest BCUT2D eigenvalue weighted by Gasteiger charge is -2.12. The minimum Gasteiger partial charge on any atom is -0.321 e. The van der Waals surface area contributed by atoms with Gasteiger partial charge in [0.05, 0.1) is 5.56 Å². The molecule has 0 heterocycles. The van der Waals surface area contributed by atoms with Crippen LogP contribution < -0.4 is 10.9 Å². The monoisotopic (exact) mass is 300 g/mol. The molecule has 0 aliphatic rings. The smallest absolute Gasteiger partial charge is 0.321 e. The highest BCUT2D eigenvalue weighted by atomic mass is 35.5. The van der Waals surface area contributed by atoms with Crippen LogP contribution in [0.1, 0.15) is 11.1 Å². The molecule has 0 fully saturated rings. The number of anilines is 1. The Morgan fingerprint density at radius 3 is 2.35 bits per heavy atom. The molecule has 0 atom stereocenters. The topological polar surface area (TPSA) is 24.1 Å². The second-order valence-electron chi connectivity index (χ2n) is 4.19. The molecule has 2 aromatic rings. The van der Waals surface area contributed by atoms with Gasteiger partial charge in [0.15, 0.2) is 0 Å². The first-order chi connectivity index (χ1) is 9.45. The fraction of sp³-hybridized carbons (Fsp3) is 0.143. The normalized spacial score (nSPS) is 11.4. The van der Waals surface area contributed by atoms with Crippen LogP contribution in [0.4, 0.5) is 18.9 Å². The third kappa shape index (κ3) is 4.15. The Hall–Kier alpha value is -1.72. The Labute approximate surface area is 119 Å². The van der Waals surface area contributed by atoms with E-state index in [4.69, 9.17) is 11.6 Å². The number of halogens is 4. The molecule has 0 aliphatic carbocycles. The molecule has 20 heavy (non-hydrogen) atoms. The lowest BCUT2D eigenvalue weighted by molar-refractivity contribution is -0.137. The van der Waals surface area contributed by atoms with E-state index in [0.29, 0.717) is 5.56 Å². The predicted molar refractivity (Wildman–Crippen MR) is 73.4 cm³/mol. The number of rotatable bonds is 4. The molecule has 0 amide bonds. The SMILES string of the molecule is FC(F)(F)c1cc(Cl)cc(CNNc2ccccc2)c1. The molecule has 106 valence electrons. The minimum atomic E-state index is -4.40. The van der Waals surface area contributed by atoms with E-state index in [9.17, 15) is 13.2 Å². The molecule has 2 rings (SSSR count). The first-order valence-electron chi connectivity index (χ1n) is 5.86. The lowest BCUT2D eigenvalue weighted by atomic mass is 10.1. The lowest BCUT2D eigenvalue weighted by Crippen LogP contribution is -2.21. The van der Waals surface area contributed by atoms with Gasteiger partial charge in [-0.25, -0.2) is 5.43 Å². The highest BCUT2D eigenvalue weighted by molar-refractivity contribution is 6.30. The Morgan fingerprint density at radius 2 is 1.70 bits per heavy atom. The van der Waals surface area contributed by atoms with Crippen LogP contribution in [-0.2, 0) is 12.7 Å². The Balaban J connectivity index is 2.01. The zero-order valence-corrected chi connectivity index (χ0v) is 11.1. The van der Waals surface area contributed by atoms with Crippen LogP contribution in [0, 0.1) is 0 Å². The largest absolute Gasteiger partial charge is 0.416 e. The molecule has 0 saturated carbocycles. The summed E-state index contributed by atoms with van der Waals surface area (Å²) < 4.78 is 37.9. The summed E-state index contributed by atoms with van der Waals surface area (Å²) in [6, 6.07) is 12.7. The van der Waals surface area contributed by atoms with Gasteiger partial charge < -0.3 is 5.43 Å². The maximum atomic E-state index is 12.6. The van der Waals surface area contributed by atoms with Crippen molar-refractivity contribution in [1.29, 1.82) is 0 Å². The van der Waals surface area contributed by atoms with Crippen LogP contribution in [-0.4, -0.2) is 0 Å². The standard InChI is InChI=1S/C14H12ClF3N2/c15-12-7-10(6-11(8-12)14(16,17)18)9-19-20-13-4-2-1-3-5-13/h1-8,19-20H,9H2. The quantitative estimate of drug-likeness (QED) is 0.814. The average Bonchev–Trinajstić information content (AvgIpc) is 2.38. The molecule has 0 radical (unpaired) electrons. The summed E-state index contributed by atoms with van der Waals surface area (Å²) in [4.78, 5) is 0. The van der Waals surface area contributed by atoms with Crippen molar-refractivity contribution in [3.63, 3.8) is 0 Å². The van der Waals surface area contributed by atoms with E-state index in [0.717, 1.165) is 17.8 Å². The Kier molecular flexibility index (Phi) is 4.52. The number of hydrogen-bond donors (Lipinski definition) is 2. The van der Waals surface area contributed by atoms with Crippen LogP contribution >= 0.6 is 11.6 Å². The van der Waals surface area contributed by atoms with Crippen LogP contribution in [0.5, 0.6) is 0 Å². The van der Waals surface area contributed by atoms with Gasteiger partial charge in [0, 0.05) is 17.3 Å². The number of benzene rings is 2. The summed E-state index contributed by atoms with van der Waals surface area (Å²) in [6.07, 6.45) is -4.40. The van der Waals surface area contributed by atoms with Crippen molar-refractivity contribution < 1.29 is 13.2 Å². The molecular formula is C14H12ClF3N2. The summed E-state index contributed by atoms with van der Waals surface area (Å²) in [6.45, 7) is 0.221. The molecule has 0 unspecified atom stereocenters. The zero-order chi connectivity index (χ0) is 14.6. The van der Waals surface area contributed by atoms with Gasteiger partial charge in [-0.1, -0.05) is 29.8 Å². The number of hydrazine groups is 1. The fourth-order valence-electron chi connectivity index (χ4n) is 1.69. The summed E-state index contributed by atoms with van der Waals surface area (Å²) in [5.74, 6) is 0. The Bertz CT molecular complexity index is 570. The predicted octanol–water partition coefficient (Wildman–Crippen LogP) is 4.48. The van der Waals surface area contributed by atoms with Crippen molar-refractivity contribution in [1.82, 2.24) is 5.43 Å². The van der Waals surface area contributed by atoms with E-state index < -0.39 is 11.7 Å². The molecule has 0 aromatic heterocycles. The second kappa shape index (κ2) is 6.15. The van der Waals surface area contributed by atoms with E-state index in [1.54, 1.807) is 0 Å². The van der Waals surface area contributed by atoms with Gasteiger partial charge in [-0.15, -0.1) is 0 Å². The molecule has 0 bridgehead atoms. The molecule has 0 saturated heterocycles. The highest BCUT2D eigenvalue weighted by Gasteiger charge is 2.30. The van der Waals surface area contributed by atoms with Gasteiger partial charge in [-0.2, -0.15) is 13.2 Å². The number of alkyl halides is 3. The van der Waals surface area contributed by atoms with Crippen molar-refractivity contribution in [3.8, 4) is 0 Å². The van der Waals surface area contributed by atoms with E-state index >= 15 is 0 Å². The van der Waals surface area contributed by atoms with Crippen LogP contribution in [0.2, 0.25) is 5.02 Å². The summed E-state index contributed by atoms with van der Waals surface area (Å²) in [5.41, 5.74) is 6.27. The zero-order valence-electron chi connectivity index (χ0n) is 10.3. The second-order valence-corrected chi connectivity index (χ2v) is 4.63. The van der Waals surface area contributed by atoms with E-state index in [2.05, 4.69) is 10.9 Å². The molecule has 2 aromatic carbocycles. The molecule has 2 N–H and O–H groups in total.